The molecule has 0 spiro atoms. The minimum Gasteiger partial charge on any atom is -0.354 e. The van der Waals surface area contributed by atoms with Gasteiger partial charge in [0.05, 0.1) is 0 Å². The van der Waals surface area contributed by atoms with Crippen LogP contribution in [0.2, 0.25) is 10.0 Å². The summed E-state index contributed by atoms with van der Waals surface area (Å²) in [4.78, 5) is 14.3. The summed E-state index contributed by atoms with van der Waals surface area (Å²) in [5, 5.41) is 16.2. The van der Waals surface area contributed by atoms with E-state index in [0.29, 0.717) is 22.4 Å². The first kappa shape index (κ1) is 18.7. The molecule has 1 aromatic heterocycles. The Morgan fingerprint density at radius 1 is 1.12 bits per heavy atom. The molecule has 1 N–H and O–H groups in total. The van der Waals surface area contributed by atoms with Crippen LogP contribution in [0.5, 0.6) is 0 Å². The highest BCUT2D eigenvalue weighted by molar-refractivity contribution is 7.99. The first-order valence-corrected chi connectivity index (χ1v) is 9.53. The van der Waals surface area contributed by atoms with Gasteiger partial charge < -0.3 is 5.32 Å². The van der Waals surface area contributed by atoms with E-state index in [1.807, 2.05) is 36.4 Å². The van der Waals surface area contributed by atoms with Crippen molar-refractivity contribution in [1.29, 1.82) is 0 Å². The molecule has 0 bridgehead atoms. The van der Waals surface area contributed by atoms with Gasteiger partial charge in [-0.2, -0.15) is 4.80 Å². The fourth-order valence-corrected chi connectivity index (χ4v) is 3.21. The zero-order valence-corrected chi connectivity index (χ0v) is 15.9. The normalized spacial score (nSPS) is 10.7. The van der Waals surface area contributed by atoms with Gasteiger partial charge in [0.15, 0.2) is 0 Å². The lowest BCUT2D eigenvalue weighted by molar-refractivity contribution is -0.121. The maximum Gasteiger partial charge on any atom is 0.243 e. The fraction of sp³-hybridized carbons (Fsp3) is 0.176. The molecule has 0 aliphatic heterocycles. The number of nitrogens with zero attached hydrogens (tertiary/aromatic N) is 4. The molecule has 0 fully saturated rings. The maximum absolute atomic E-state index is 12.0. The van der Waals surface area contributed by atoms with Crippen LogP contribution >= 0.6 is 35.0 Å². The number of nitrogens with one attached hydrogen (secondary N) is 1. The van der Waals surface area contributed by atoms with Crippen LogP contribution in [0.1, 0.15) is 0 Å². The van der Waals surface area contributed by atoms with E-state index in [9.17, 15) is 4.79 Å². The minimum absolute atomic E-state index is 0.0131. The summed E-state index contributed by atoms with van der Waals surface area (Å²) in [7, 11) is 0. The Morgan fingerprint density at radius 2 is 1.92 bits per heavy atom. The topological polar surface area (TPSA) is 72.7 Å². The van der Waals surface area contributed by atoms with Crippen LogP contribution in [0.3, 0.4) is 0 Å². The largest absolute Gasteiger partial charge is 0.354 e. The standard InChI is InChI=1S/C17H15Cl2N5OS/c18-13-4-6-15(7-5-13)26-9-8-20-16(25)11-24-22-17(21-23-24)12-2-1-3-14(19)10-12/h1-7,10H,8-9,11H2,(H,20,25). The molecule has 9 heteroatoms. The van der Waals surface area contributed by atoms with Gasteiger partial charge in [0, 0.05) is 32.8 Å². The molecule has 0 saturated heterocycles. The third kappa shape index (κ3) is 5.45. The summed E-state index contributed by atoms with van der Waals surface area (Å²) in [6, 6.07) is 14.7. The molecule has 0 radical (unpaired) electrons. The van der Waals surface area contributed by atoms with Crippen molar-refractivity contribution < 1.29 is 4.79 Å². The van der Waals surface area contributed by atoms with Gasteiger partial charge in [-0.25, -0.2) is 0 Å². The number of tetrazole rings is 1. The number of hydrogen-bond donors (Lipinski definition) is 1. The summed E-state index contributed by atoms with van der Waals surface area (Å²) < 4.78 is 0. The number of benzene rings is 2. The summed E-state index contributed by atoms with van der Waals surface area (Å²) >= 11 is 13.4. The monoisotopic (exact) mass is 407 g/mol. The lowest BCUT2D eigenvalue weighted by Crippen LogP contribution is -2.30. The van der Waals surface area contributed by atoms with Gasteiger partial charge in [0.25, 0.3) is 0 Å². The van der Waals surface area contributed by atoms with Crippen molar-refractivity contribution in [3.8, 4) is 11.4 Å². The van der Waals surface area contributed by atoms with Gasteiger partial charge in [-0.3, -0.25) is 4.79 Å². The number of aromatic nitrogens is 4. The maximum atomic E-state index is 12.0. The van der Waals surface area contributed by atoms with E-state index in [2.05, 4.69) is 20.7 Å². The first-order valence-electron chi connectivity index (χ1n) is 7.79. The summed E-state index contributed by atoms with van der Waals surface area (Å²) in [5.74, 6) is 1.02. The van der Waals surface area contributed by atoms with Crippen LogP contribution in [0.4, 0.5) is 0 Å². The van der Waals surface area contributed by atoms with Crippen LogP contribution in [0, 0.1) is 0 Å². The highest BCUT2D eigenvalue weighted by Gasteiger charge is 2.09. The number of halogens is 2. The number of thioether (sulfide) groups is 1. The van der Waals surface area contributed by atoms with Crippen molar-refractivity contribution in [2.75, 3.05) is 12.3 Å². The molecule has 3 aromatic rings. The molecular formula is C17H15Cl2N5OS. The van der Waals surface area contributed by atoms with Gasteiger partial charge in [-0.15, -0.1) is 22.0 Å². The molecule has 0 aliphatic rings. The quantitative estimate of drug-likeness (QED) is 0.478. The first-order chi connectivity index (χ1) is 12.6. The predicted octanol–water partition coefficient (Wildman–Crippen LogP) is 3.56. The van der Waals surface area contributed by atoms with Crippen LogP contribution in [0.15, 0.2) is 53.4 Å². The average Bonchev–Trinajstić information content (AvgIpc) is 3.09. The SMILES string of the molecule is O=C(Cn1nnc(-c2cccc(Cl)c2)n1)NCCSc1ccc(Cl)cc1. The lowest BCUT2D eigenvalue weighted by atomic mass is 10.2. The Kier molecular flexibility index (Phi) is 6.49. The third-order valence-electron chi connectivity index (χ3n) is 3.33. The van der Waals surface area contributed by atoms with Crippen LogP contribution in [-0.4, -0.2) is 38.4 Å². The third-order valence-corrected chi connectivity index (χ3v) is 4.83. The summed E-state index contributed by atoms with van der Waals surface area (Å²) in [6.45, 7) is 0.557. The molecule has 26 heavy (non-hydrogen) atoms. The van der Waals surface area contributed by atoms with Crippen LogP contribution in [0.25, 0.3) is 11.4 Å². The van der Waals surface area contributed by atoms with E-state index in [1.165, 1.54) is 4.80 Å². The molecule has 0 aliphatic carbocycles. The van der Waals surface area contributed by atoms with Crippen molar-refractivity contribution in [2.24, 2.45) is 0 Å². The van der Waals surface area contributed by atoms with Gasteiger partial charge in [0.2, 0.25) is 11.7 Å². The van der Waals surface area contributed by atoms with Crippen molar-refractivity contribution in [3.63, 3.8) is 0 Å². The molecule has 3 rings (SSSR count). The molecular weight excluding hydrogens is 393 g/mol. The molecule has 1 heterocycles. The number of amides is 1. The Bertz CT molecular complexity index is 885. The molecule has 0 saturated carbocycles. The number of rotatable bonds is 7. The lowest BCUT2D eigenvalue weighted by Gasteiger charge is -2.04. The second-order valence-electron chi connectivity index (χ2n) is 5.31. The van der Waals surface area contributed by atoms with Crippen molar-refractivity contribution in [3.05, 3.63) is 58.6 Å². The van der Waals surface area contributed by atoms with Gasteiger partial charge in [-0.05, 0) is 41.6 Å². The van der Waals surface area contributed by atoms with Gasteiger partial charge >= 0.3 is 0 Å². The second kappa shape index (κ2) is 9.02. The average molecular weight is 408 g/mol. The highest BCUT2D eigenvalue weighted by Crippen LogP contribution is 2.20. The van der Waals surface area contributed by atoms with Crippen LogP contribution in [-0.2, 0) is 11.3 Å². The van der Waals surface area contributed by atoms with Gasteiger partial charge in [0.1, 0.15) is 6.54 Å². The van der Waals surface area contributed by atoms with Gasteiger partial charge in [-0.1, -0.05) is 35.3 Å². The van der Waals surface area contributed by atoms with E-state index in [-0.39, 0.29) is 12.5 Å². The Hall–Kier alpha value is -2.09. The predicted molar refractivity (Wildman–Crippen MR) is 103 cm³/mol. The zero-order valence-electron chi connectivity index (χ0n) is 13.6. The molecule has 6 nitrogen and oxygen atoms in total. The Labute approximate surface area is 164 Å². The van der Waals surface area contributed by atoms with E-state index in [0.717, 1.165) is 16.2 Å². The Morgan fingerprint density at radius 3 is 2.69 bits per heavy atom. The number of carbonyl (C=O) groups excluding carboxylic acids is 1. The minimum atomic E-state index is -0.170. The number of carbonyl (C=O) groups is 1. The molecule has 1 amide bonds. The van der Waals surface area contributed by atoms with E-state index in [4.69, 9.17) is 23.2 Å². The smallest absolute Gasteiger partial charge is 0.243 e. The molecule has 0 unspecified atom stereocenters. The van der Waals surface area contributed by atoms with Crippen LogP contribution < -0.4 is 5.32 Å². The molecule has 0 atom stereocenters. The summed E-state index contributed by atoms with van der Waals surface area (Å²) in [6.07, 6.45) is 0. The van der Waals surface area contributed by atoms with Crippen molar-refractivity contribution >= 4 is 40.9 Å². The molecule has 2 aromatic carbocycles. The van der Waals surface area contributed by atoms with E-state index in [1.54, 1.807) is 23.9 Å². The summed E-state index contributed by atoms with van der Waals surface area (Å²) in [5.41, 5.74) is 0.753. The highest BCUT2D eigenvalue weighted by atomic mass is 35.5. The number of hydrogen-bond acceptors (Lipinski definition) is 5. The Balaban J connectivity index is 1.44. The second-order valence-corrected chi connectivity index (χ2v) is 7.35. The van der Waals surface area contributed by atoms with Crippen molar-refractivity contribution in [1.82, 2.24) is 25.5 Å². The van der Waals surface area contributed by atoms with Crippen molar-refractivity contribution in [2.45, 2.75) is 11.4 Å². The molecule has 134 valence electrons. The van der Waals surface area contributed by atoms with E-state index >= 15 is 0 Å². The zero-order chi connectivity index (χ0) is 18.4. The fourth-order valence-electron chi connectivity index (χ4n) is 2.13. The van der Waals surface area contributed by atoms with E-state index < -0.39 is 0 Å².